The third-order valence-corrected chi connectivity index (χ3v) is 4.65. The zero-order valence-corrected chi connectivity index (χ0v) is 14.3. The van der Waals surface area contributed by atoms with Gasteiger partial charge in [-0.25, -0.2) is 26.8 Å². The highest BCUT2D eigenvalue weighted by atomic mass is 19.2. The van der Waals surface area contributed by atoms with Crippen LogP contribution in [0.15, 0.2) is 24.3 Å². The Morgan fingerprint density at radius 3 is 2.04 bits per heavy atom. The summed E-state index contributed by atoms with van der Waals surface area (Å²) in [5.41, 5.74) is -0.966. The fourth-order valence-corrected chi connectivity index (χ4v) is 3.19. The first-order valence-corrected chi connectivity index (χ1v) is 8.37. The lowest BCUT2D eigenvalue weighted by molar-refractivity contribution is -0.271. The van der Waals surface area contributed by atoms with E-state index in [9.17, 15) is 22.0 Å². The minimum atomic E-state index is -1.88. The average molecular weight is 388 g/mol. The van der Waals surface area contributed by atoms with E-state index in [1.807, 2.05) is 6.92 Å². The minimum Gasteiger partial charge on any atom is -0.373 e. The van der Waals surface area contributed by atoms with Gasteiger partial charge < -0.3 is 4.74 Å². The lowest BCUT2D eigenvalue weighted by Crippen LogP contribution is -2.19. The Morgan fingerprint density at radius 2 is 1.56 bits per heavy atom. The number of rotatable bonds is 4. The van der Waals surface area contributed by atoms with Gasteiger partial charge in [-0.05, 0) is 54.2 Å². The maximum atomic E-state index is 14.6. The number of hydrogen-bond acceptors (Lipinski definition) is 3. The first-order valence-electron chi connectivity index (χ1n) is 8.37. The Balaban J connectivity index is 1.98. The Hall–Kier alpha value is -2.03. The lowest BCUT2D eigenvalue weighted by Gasteiger charge is -2.27. The van der Waals surface area contributed by atoms with E-state index in [4.69, 9.17) is 9.99 Å². The maximum absolute atomic E-state index is 14.6. The molecule has 2 aromatic carbocycles. The van der Waals surface area contributed by atoms with E-state index in [2.05, 4.69) is 4.89 Å². The van der Waals surface area contributed by atoms with E-state index in [1.54, 1.807) is 0 Å². The van der Waals surface area contributed by atoms with Crippen molar-refractivity contribution in [3.8, 4) is 0 Å². The van der Waals surface area contributed by atoms with Crippen molar-refractivity contribution in [2.75, 3.05) is 6.61 Å². The molecule has 0 spiro atoms. The number of ether oxygens (including phenoxy) is 1. The summed E-state index contributed by atoms with van der Waals surface area (Å²) >= 11 is 0. The Bertz CT molecular complexity index is 788. The molecule has 1 aliphatic heterocycles. The van der Waals surface area contributed by atoms with Crippen LogP contribution < -0.4 is 0 Å². The molecule has 0 amide bonds. The van der Waals surface area contributed by atoms with Gasteiger partial charge in [0.15, 0.2) is 17.5 Å². The van der Waals surface area contributed by atoms with E-state index in [1.165, 1.54) is 0 Å². The highest BCUT2D eigenvalue weighted by molar-refractivity contribution is 5.36. The van der Waals surface area contributed by atoms with Crippen LogP contribution in [-0.2, 0) is 9.62 Å². The van der Waals surface area contributed by atoms with Crippen LogP contribution in [0.4, 0.5) is 22.0 Å². The van der Waals surface area contributed by atoms with Crippen LogP contribution in [0.3, 0.4) is 0 Å². The number of hydrogen-bond donors (Lipinski definition) is 1. The average Bonchev–Trinajstić information content (AvgIpc) is 2.62. The Labute approximate surface area is 152 Å². The van der Waals surface area contributed by atoms with Crippen LogP contribution >= 0.6 is 0 Å². The largest absolute Gasteiger partial charge is 0.373 e. The van der Waals surface area contributed by atoms with Gasteiger partial charge in [-0.15, -0.1) is 0 Å². The normalized spacial score (nSPS) is 21.3. The molecule has 27 heavy (non-hydrogen) atoms. The summed E-state index contributed by atoms with van der Waals surface area (Å²) < 4.78 is 74.8. The molecule has 1 heterocycles. The van der Waals surface area contributed by atoms with Gasteiger partial charge in [0.1, 0.15) is 17.7 Å². The van der Waals surface area contributed by atoms with Gasteiger partial charge in [-0.3, -0.25) is 5.26 Å². The molecule has 0 aromatic heterocycles. The van der Waals surface area contributed by atoms with E-state index >= 15 is 0 Å². The molecule has 3 rings (SSSR count). The maximum Gasteiger partial charge on any atom is 0.194 e. The molecule has 0 bridgehead atoms. The van der Waals surface area contributed by atoms with Crippen molar-refractivity contribution >= 4 is 0 Å². The molecular weight excluding hydrogens is 371 g/mol. The van der Waals surface area contributed by atoms with E-state index < -0.39 is 52.4 Å². The topological polar surface area (TPSA) is 38.7 Å². The molecule has 0 aliphatic carbocycles. The van der Waals surface area contributed by atoms with Crippen molar-refractivity contribution in [1.29, 1.82) is 0 Å². The zero-order valence-electron chi connectivity index (χ0n) is 14.3. The minimum absolute atomic E-state index is 0.272. The second-order valence-electron chi connectivity index (χ2n) is 6.69. The molecule has 146 valence electrons. The second-order valence-corrected chi connectivity index (χ2v) is 6.69. The fraction of sp³-hybridized carbons (Fsp3) is 0.368. The number of benzene rings is 2. The van der Waals surface area contributed by atoms with Crippen LogP contribution in [0.5, 0.6) is 0 Å². The molecule has 1 saturated heterocycles. The van der Waals surface area contributed by atoms with Gasteiger partial charge in [0, 0.05) is 6.61 Å². The molecule has 3 nitrogen and oxygen atoms in total. The molecular formula is C19H17F5O3. The van der Waals surface area contributed by atoms with Crippen LogP contribution in [-0.4, -0.2) is 11.9 Å². The molecule has 1 aliphatic rings. The predicted molar refractivity (Wildman–Crippen MR) is 85.3 cm³/mol. The summed E-state index contributed by atoms with van der Waals surface area (Å²) in [5, 5.41) is 9.08. The standard InChI is InChI=1S/C19H17F5O3/c1-9-2-3-16(26-8-9)10-4-12(20)17(13(21)5-10)19(27-25)11-6-14(22)18(24)15(23)7-11/h4-7,9,16,19,25H,2-3,8H2,1H3/t9?,16-,19?/m0/s1. The van der Waals surface area contributed by atoms with E-state index in [0.717, 1.165) is 18.6 Å². The lowest BCUT2D eigenvalue weighted by atomic mass is 9.93. The van der Waals surface area contributed by atoms with Gasteiger partial charge in [-0.2, -0.15) is 0 Å². The predicted octanol–water partition coefficient (Wildman–Crippen LogP) is 5.45. The quantitative estimate of drug-likeness (QED) is 0.328. The summed E-state index contributed by atoms with van der Waals surface area (Å²) in [5.74, 6) is -6.71. The highest BCUT2D eigenvalue weighted by Gasteiger charge is 2.29. The molecule has 0 saturated carbocycles. The monoisotopic (exact) mass is 388 g/mol. The summed E-state index contributed by atoms with van der Waals surface area (Å²) in [6, 6.07) is 3.05. The van der Waals surface area contributed by atoms with Gasteiger partial charge in [0.25, 0.3) is 0 Å². The van der Waals surface area contributed by atoms with Crippen LogP contribution in [0, 0.1) is 35.0 Å². The second kappa shape index (κ2) is 7.92. The number of halogens is 5. The van der Waals surface area contributed by atoms with Crippen molar-refractivity contribution in [2.24, 2.45) is 5.92 Å². The fourth-order valence-electron chi connectivity index (χ4n) is 3.19. The van der Waals surface area contributed by atoms with E-state index in [0.29, 0.717) is 31.1 Å². The van der Waals surface area contributed by atoms with Crippen molar-refractivity contribution in [2.45, 2.75) is 32.0 Å². The summed E-state index contributed by atoms with van der Waals surface area (Å²) in [4.78, 5) is 4.07. The highest BCUT2D eigenvalue weighted by Crippen LogP contribution is 2.36. The molecule has 0 radical (unpaired) electrons. The van der Waals surface area contributed by atoms with Gasteiger partial charge in [0.2, 0.25) is 0 Å². The summed E-state index contributed by atoms with van der Waals surface area (Å²) in [6.07, 6.45) is -0.927. The zero-order chi connectivity index (χ0) is 19.7. The first kappa shape index (κ1) is 19.7. The van der Waals surface area contributed by atoms with Crippen LogP contribution in [0.2, 0.25) is 0 Å². The third kappa shape index (κ3) is 3.97. The van der Waals surface area contributed by atoms with Crippen molar-refractivity contribution < 1.29 is 36.8 Å². The smallest absolute Gasteiger partial charge is 0.194 e. The molecule has 3 atom stereocenters. The van der Waals surface area contributed by atoms with Crippen molar-refractivity contribution in [1.82, 2.24) is 0 Å². The van der Waals surface area contributed by atoms with E-state index in [-0.39, 0.29) is 5.56 Å². The molecule has 1 N–H and O–H groups in total. The Kier molecular flexibility index (Phi) is 5.78. The van der Waals surface area contributed by atoms with Crippen molar-refractivity contribution in [3.63, 3.8) is 0 Å². The molecule has 1 fully saturated rings. The van der Waals surface area contributed by atoms with Gasteiger partial charge in [-0.1, -0.05) is 6.92 Å². The summed E-state index contributed by atoms with van der Waals surface area (Å²) in [7, 11) is 0. The van der Waals surface area contributed by atoms with Crippen LogP contribution in [0.1, 0.15) is 48.7 Å². The molecule has 2 unspecified atom stereocenters. The SMILES string of the molecule is CC1CC[C@@H](c2cc(F)c(C(OO)c3cc(F)c(F)c(F)c3)c(F)c2)OC1. The van der Waals surface area contributed by atoms with Crippen molar-refractivity contribution in [3.05, 3.63) is 70.0 Å². The first-order chi connectivity index (χ1) is 12.8. The molecule has 2 aromatic rings. The molecule has 8 heteroatoms. The summed E-state index contributed by atoms with van der Waals surface area (Å²) in [6.45, 7) is 2.47. The van der Waals surface area contributed by atoms with Gasteiger partial charge in [0.05, 0.1) is 11.7 Å². The Morgan fingerprint density at radius 1 is 0.963 bits per heavy atom. The van der Waals surface area contributed by atoms with Gasteiger partial charge >= 0.3 is 0 Å². The third-order valence-electron chi connectivity index (χ3n) is 4.65. The van der Waals surface area contributed by atoms with Crippen LogP contribution in [0.25, 0.3) is 0 Å².